The van der Waals surface area contributed by atoms with Gasteiger partial charge in [-0.2, -0.15) is 0 Å². The van der Waals surface area contributed by atoms with Gasteiger partial charge in [0.25, 0.3) is 0 Å². The van der Waals surface area contributed by atoms with Gasteiger partial charge in [0.05, 0.1) is 17.5 Å². The molecule has 4 heteroatoms. The van der Waals surface area contributed by atoms with Crippen molar-refractivity contribution in [2.24, 2.45) is 0 Å². The minimum Gasteiger partial charge on any atom is -0.310 e. The third-order valence-electron chi connectivity index (χ3n) is 4.45. The Kier molecular flexibility index (Phi) is 3.94. The maximum atomic E-state index is 12.6. The fourth-order valence-electron chi connectivity index (χ4n) is 3.28. The van der Waals surface area contributed by atoms with E-state index < -0.39 is 0 Å². The molecule has 4 nitrogen and oxygen atoms in total. The first kappa shape index (κ1) is 15.4. The lowest BCUT2D eigenvalue weighted by Gasteiger charge is -2.09. The lowest BCUT2D eigenvalue weighted by Crippen LogP contribution is -2.17. The molecule has 3 aromatic carbocycles. The van der Waals surface area contributed by atoms with E-state index in [1.807, 2.05) is 53.1 Å². The number of hydrogen-bond donors (Lipinski definition) is 1. The minimum atomic E-state index is -0.0543. The monoisotopic (exact) mass is 329 g/mol. The number of hydrogen-bond acceptors (Lipinski definition) is 2. The number of rotatable bonds is 4. The van der Waals surface area contributed by atoms with Gasteiger partial charge in [0.2, 0.25) is 11.9 Å². The molecule has 0 bridgehead atoms. The van der Waals surface area contributed by atoms with Crippen LogP contribution < -0.4 is 5.32 Å². The van der Waals surface area contributed by atoms with Crippen molar-refractivity contribution in [3.63, 3.8) is 0 Å². The van der Waals surface area contributed by atoms with Gasteiger partial charge in [-0.25, -0.2) is 4.98 Å². The maximum absolute atomic E-state index is 12.6. The number of nitrogens with one attached hydrogen (secondary N) is 1. The molecule has 1 heterocycles. The van der Waals surface area contributed by atoms with Gasteiger partial charge in [-0.3, -0.25) is 10.1 Å². The predicted molar refractivity (Wildman–Crippen MR) is 102 cm³/mol. The Labute approximate surface area is 146 Å². The molecule has 25 heavy (non-hydrogen) atoms. The number of carbonyl (C=O) groups is 1. The normalized spacial score (nSPS) is 11.1. The molecule has 124 valence electrons. The van der Waals surface area contributed by atoms with Gasteiger partial charge in [-0.1, -0.05) is 54.6 Å². The Morgan fingerprint density at radius 2 is 1.76 bits per heavy atom. The zero-order chi connectivity index (χ0) is 17.2. The van der Waals surface area contributed by atoms with Gasteiger partial charge in [-0.15, -0.1) is 0 Å². The fourth-order valence-corrected chi connectivity index (χ4v) is 3.28. The highest BCUT2D eigenvalue weighted by Crippen LogP contribution is 2.21. The highest BCUT2D eigenvalue weighted by atomic mass is 16.1. The maximum Gasteiger partial charge on any atom is 0.231 e. The smallest absolute Gasteiger partial charge is 0.231 e. The molecule has 0 fully saturated rings. The summed E-state index contributed by atoms with van der Waals surface area (Å²) in [6.45, 7) is 2.80. The second-order valence-corrected chi connectivity index (χ2v) is 6.03. The van der Waals surface area contributed by atoms with Crippen LogP contribution in [0.15, 0.2) is 66.7 Å². The van der Waals surface area contributed by atoms with Crippen LogP contribution in [0.4, 0.5) is 5.95 Å². The van der Waals surface area contributed by atoms with Gasteiger partial charge in [-0.05, 0) is 35.4 Å². The number of carbonyl (C=O) groups excluding carboxylic acids is 1. The second-order valence-electron chi connectivity index (χ2n) is 6.03. The Hall–Kier alpha value is -3.14. The summed E-state index contributed by atoms with van der Waals surface area (Å²) in [5, 5.41) is 5.24. The van der Waals surface area contributed by atoms with E-state index in [4.69, 9.17) is 0 Å². The summed E-state index contributed by atoms with van der Waals surface area (Å²) in [5.74, 6) is 0.551. The molecule has 0 aliphatic rings. The highest BCUT2D eigenvalue weighted by molar-refractivity contribution is 5.96. The largest absolute Gasteiger partial charge is 0.310 e. The average Bonchev–Trinajstić information content (AvgIpc) is 2.98. The Morgan fingerprint density at radius 1 is 1.00 bits per heavy atom. The molecule has 1 N–H and O–H groups in total. The van der Waals surface area contributed by atoms with Crippen molar-refractivity contribution >= 4 is 33.7 Å². The number of aromatic nitrogens is 2. The van der Waals surface area contributed by atoms with Crippen molar-refractivity contribution in [1.29, 1.82) is 0 Å². The van der Waals surface area contributed by atoms with E-state index in [1.165, 1.54) is 0 Å². The van der Waals surface area contributed by atoms with Crippen LogP contribution >= 0.6 is 0 Å². The molecule has 0 aliphatic carbocycles. The van der Waals surface area contributed by atoms with E-state index >= 15 is 0 Å². The molecule has 0 saturated heterocycles. The number of amides is 1. The molecule has 0 radical (unpaired) electrons. The highest BCUT2D eigenvalue weighted by Gasteiger charge is 2.13. The molecule has 0 spiro atoms. The predicted octanol–water partition coefficient (Wildman–Crippen LogP) is 4.39. The molecule has 0 saturated carbocycles. The minimum absolute atomic E-state index is 0.0543. The lowest BCUT2D eigenvalue weighted by molar-refractivity contribution is -0.115. The van der Waals surface area contributed by atoms with Crippen molar-refractivity contribution in [1.82, 2.24) is 9.55 Å². The van der Waals surface area contributed by atoms with Crippen LogP contribution in [0.2, 0.25) is 0 Å². The van der Waals surface area contributed by atoms with Gasteiger partial charge >= 0.3 is 0 Å². The molecule has 0 atom stereocenters. The van der Waals surface area contributed by atoms with Crippen LogP contribution in [-0.4, -0.2) is 15.5 Å². The summed E-state index contributed by atoms with van der Waals surface area (Å²) in [5.41, 5.74) is 2.95. The van der Waals surface area contributed by atoms with Gasteiger partial charge in [0, 0.05) is 6.54 Å². The molecular weight excluding hydrogens is 310 g/mol. The zero-order valence-electron chi connectivity index (χ0n) is 14.1. The molecule has 0 aliphatic heterocycles. The number of benzene rings is 3. The first-order valence-electron chi connectivity index (χ1n) is 8.48. The summed E-state index contributed by atoms with van der Waals surface area (Å²) in [4.78, 5) is 17.2. The van der Waals surface area contributed by atoms with E-state index in [2.05, 4.69) is 35.4 Å². The molecule has 4 rings (SSSR count). The van der Waals surface area contributed by atoms with E-state index in [0.717, 1.165) is 33.9 Å². The number of fused-ring (bicyclic) bond motifs is 2. The molecular formula is C21H19N3O. The number of aryl methyl sites for hydroxylation is 1. The fraction of sp³-hybridized carbons (Fsp3) is 0.143. The number of para-hydroxylation sites is 2. The first-order chi connectivity index (χ1) is 12.3. The van der Waals surface area contributed by atoms with Gasteiger partial charge in [0.1, 0.15) is 0 Å². The van der Waals surface area contributed by atoms with Gasteiger partial charge in [0.15, 0.2) is 0 Å². The first-order valence-corrected chi connectivity index (χ1v) is 8.48. The van der Waals surface area contributed by atoms with E-state index in [-0.39, 0.29) is 5.91 Å². The Bertz CT molecular complexity index is 1060. The second kappa shape index (κ2) is 6.40. The SMILES string of the molecule is CCn1c(NC(=O)Cc2cccc3ccccc23)nc2ccccc21. The third kappa shape index (κ3) is 2.87. The Balaban J connectivity index is 1.62. The quantitative estimate of drug-likeness (QED) is 0.603. The number of anilines is 1. The third-order valence-corrected chi connectivity index (χ3v) is 4.45. The van der Waals surface area contributed by atoms with E-state index in [0.29, 0.717) is 12.4 Å². The topological polar surface area (TPSA) is 46.9 Å². The summed E-state index contributed by atoms with van der Waals surface area (Å²) in [7, 11) is 0. The van der Waals surface area contributed by atoms with Crippen molar-refractivity contribution < 1.29 is 4.79 Å². The molecule has 4 aromatic rings. The number of nitrogens with zero attached hydrogens (tertiary/aromatic N) is 2. The molecule has 1 amide bonds. The van der Waals surface area contributed by atoms with E-state index in [1.54, 1.807) is 0 Å². The zero-order valence-corrected chi connectivity index (χ0v) is 14.1. The van der Waals surface area contributed by atoms with Crippen molar-refractivity contribution in [3.8, 4) is 0 Å². The summed E-state index contributed by atoms with van der Waals surface area (Å²) in [6, 6.07) is 22.1. The van der Waals surface area contributed by atoms with Crippen molar-refractivity contribution in [2.75, 3.05) is 5.32 Å². The summed E-state index contributed by atoms with van der Waals surface area (Å²) in [6.07, 6.45) is 0.328. The van der Waals surface area contributed by atoms with Gasteiger partial charge < -0.3 is 4.57 Å². The number of imidazole rings is 1. The summed E-state index contributed by atoms with van der Waals surface area (Å²) >= 11 is 0. The summed E-state index contributed by atoms with van der Waals surface area (Å²) < 4.78 is 2.02. The molecule has 1 aromatic heterocycles. The van der Waals surface area contributed by atoms with Crippen LogP contribution in [0.25, 0.3) is 21.8 Å². The standard InChI is InChI=1S/C21H19N3O/c1-2-24-19-13-6-5-12-18(19)22-21(24)23-20(25)14-16-10-7-9-15-8-3-4-11-17(15)16/h3-13H,2,14H2,1H3,(H,22,23,25). The van der Waals surface area contributed by atoms with Crippen LogP contribution in [0.1, 0.15) is 12.5 Å². The van der Waals surface area contributed by atoms with Crippen LogP contribution in [-0.2, 0) is 17.8 Å². The Morgan fingerprint density at radius 3 is 2.64 bits per heavy atom. The van der Waals surface area contributed by atoms with Crippen molar-refractivity contribution in [2.45, 2.75) is 19.9 Å². The van der Waals surface area contributed by atoms with E-state index in [9.17, 15) is 4.79 Å². The average molecular weight is 329 g/mol. The van der Waals surface area contributed by atoms with Crippen LogP contribution in [0.3, 0.4) is 0 Å². The molecule has 0 unspecified atom stereocenters. The van der Waals surface area contributed by atoms with Crippen LogP contribution in [0, 0.1) is 0 Å². The lowest BCUT2D eigenvalue weighted by atomic mass is 10.0. The van der Waals surface area contributed by atoms with Crippen LogP contribution in [0.5, 0.6) is 0 Å². The van der Waals surface area contributed by atoms with Crippen molar-refractivity contribution in [3.05, 3.63) is 72.3 Å².